The molecule has 2 fully saturated rings. The monoisotopic (exact) mass is 281 g/mol. The van der Waals surface area contributed by atoms with Crippen molar-refractivity contribution in [1.82, 2.24) is 15.1 Å². The van der Waals surface area contributed by atoms with Crippen LogP contribution >= 0.6 is 0 Å². The molecule has 4 heteroatoms. The van der Waals surface area contributed by atoms with Crippen LogP contribution in [0.3, 0.4) is 0 Å². The van der Waals surface area contributed by atoms with Gasteiger partial charge in [0, 0.05) is 19.1 Å². The third-order valence-corrected chi connectivity index (χ3v) is 4.61. The van der Waals surface area contributed by atoms with Crippen LogP contribution in [-0.4, -0.2) is 61.0 Å². The highest BCUT2D eigenvalue weighted by Crippen LogP contribution is 2.12. The fourth-order valence-corrected chi connectivity index (χ4v) is 3.39. The lowest BCUT2D eigenvalue weighted by Crippen LogP contribution is -2.44. The molecule has 0 aromatic rings. The van der Waals surface area contributed by atoms with Crippen molar-refractivity contribution in [3.05, 3.63) is 0 Å². The highest BCUT2D eigenvalue weighted by Gasteiger charge is 2.19. The Kier molecular flexibility index (Phi) is 6.80. The maximum Gasteiger partial charge on any atom is 0.236 e. The lowest BCUT2D eigenvalue weighted by molar-refractivity contribution is -0.131. The van der Waals surface area contributed by atoms with Gasteiger partial charge in [-0.25, -0.2) is 0 Å². The summed E-state index contributed by atoms with van der Waals surface area (Å²) in [5, 5.41) is 3.50. The molecule has 0 bridgehead atoms. The number of hydrogen-bond donors (Lipinski definition) is 1. The van der Waals surface area contributed by atoms with Gasteiger partial charge in [0.2, 0.25) is 5.91 Å². The topological polar surface area (TPSA) is 35.6 Å². The molecule has 2 aliphatic heterocycles. The summed E-state index contributed by atoms with van der Waals surface area (Å²) in [6.45, 7) is 8.36. The summed E-state index contributed by atoms with van der Waals surface area (Å²) >= 11 is 0. The first kappa shape index (κ1) is 15.8. The van der Waals surface area contributed by atoms with Gasteiger partial charge in [-0.3, -0.25) is 4.79 Å². The van der Waals surface area contributed by atoms with Crippen molar-refractivity contribution < 1.29 is 4.79 Å². The number of nitrogens with zero attached hydrogens (tertiary/aromatic N) is 2. The average Bonchev–Trinajstić information content (AvgIpc) is 2.71. The predicted octanol–water partition coefficient (Wildman–Crippen LogP) is 1.85. The maximum atomic E-state index is 12.1. The molecule has 20 heavy (non-hydrogen) atoms. The van der Waals surface area contributed by atoms with E-state index in [9.17, 15) is 4.79 Å². The summed E-state index contributed by atoms with van der Waals surface area (Å²) in [4.78, 5) is 16.7. The molecule has 0 aliphatic carbocycles. The largest absolute Gasteiger partial charge is 0.342 e. The first-order valence-corrected chi connectivity index (χ1v) is 8.53. The van der Waals surface area contributed by atoms with Crippen LogP contribution in [-0.2, 0) is 4.79 Å². The molecule has 0 radical (unpaired) electrons. The van der Waals surface area contributed by atoms with Crippen LogP contribution in [0.5, 0.6) is 0 Å². The van der Waals surface area contributed by atoms with Gasteiger partial charge in [-0.2, -0.15) is 0 Å². The van der Waals surface area contributed by atoms with Crippen LogP contribution in [0, 0.1) is 0 Å². The standard InChI is InChI=1S/C16H31N3O/c1-2-9-18-10-6-7-15(8-13-18)17-14-16(20)19-11-4-3-5-12-19/h15,17H,2-14H2,1H3. The van der Waals surface area contributed by atoms with Gasteiger partial charge in [0.15, 0.2) is 0 Å². The summed E-state index contributed by atoms with van der Waals surface area (Å²) in [5.74, 6) is 0.305. The predicted molar refractivity (Wildman–Crippen MR) is 82.8 cm³/mol. The van der Waals surface area contributed by atoms with Gasteiger partial charge in [-0.05, 0) is 64.6 Å². The summed E-state index contributed by atoms with van der Waals surface area (Å²) in [5.41, 5.74) is 0. The zero-order valence-corrected chi connectivity index (χ0v) is 13.1. The fourth-order valence-electron chi connectivity index (χ4n) is 3.39. The van der Waals surface area contributed by atoms with E-state index in [0.717, 1.165) is 13.1 Å². The summed E-state index contributed by atoms with van der Waals surface area (Å²) in [7, 11) is 0. The van der Waals surface area contributed by atoms with Crippen LogP contribution in [0.4, 0.5) is 0 Å². The minimum absolute atomic E-state index is 0.305. The van der Waals surface area contributed by atoms with Gasteiger partial charge in [0.1, 0.15) is 0 Å². The Hall–Kier alpha value is -0.610. The molecule has 0 saturated carbocycles. The van der Waals surface area contributed by atoms with Crippen molar-refractivity contribution in [2.24, 2.45) is 0 Å². The molecule has 1 N–H and O–H groups in total. The molecule has 4 nitrogen and oxygen atoms in total. The molecule has 2 aliphatic rings. The molecule has 1 amide bonds. The van der Waals surface area contributed by atoms with Crippen LogP contribution in [0.2, 0.25) is 0 Å². The molecule has 2 rings (SSSR count). The summed E-state index contributed by atoms with van der Waals surface area (Å²) in [6, 6.07) is 0.533. The molecular formula is C16H31N3O. The van der Waals surface area contributed by atoms with Crippen LogP contribution < -0.4 is 5.32 Å². The van der Waals surface area contributed by atoms with Gasteiger partial charge in [0.25, 0.3) is 0 Å². The Bertz CT molecular complexity index is 289. The van der Waals surface area contributed by atoms with E-state index in [2.05, 4.69) is 17.1 Å². The second kappa shape index (κ2) is 8.63. The van der Waals surface area contributed by atoms with Crippen molar-refractivity contribution in [3.63, 3.8) is 0 Å². The van der Waals surface area contributed by atoms with E-state index in [1.807, 2.05) is 4.90 Å². The Labute approximate surface area is 123 Å². The number of nitrogens with one attached hydrogen (secondary N) is 1. The smallest absolute Gasteiger partial charge is 0.236 e. The van der Waals surface area contributed by atoms with Crippen molar-refractivity contribution in [2.45, 2.75) is 57.9 Å². The van der Waals surface area contributed by atoms with Gasteiger partial charge >= 0.3 is 0 Å². The summed E-state index contributed by atoms with van der Waals surface area (Å²) < 4.78 is 0. The van der Waals surface area contributed by atoms with E-state index < -0.39 is 0 Å². The van der Waals surface area contributed by atoms with E-state index in [1.165, 1.54) is 64.6 Å². The van der Waals surface area contributed by atoms with Crippen molar-refractivity contribution in [1.29, 1.82) is 0 Å². The third-order valence-electron chi connectivity index (χ3n) is 4.61. The quantitative estimate of drug-likeness (QED) is 0.835. The SMILES string of the molecule is CCCN1CCCC(NCC(=O)N2CCCCC2)CC1. The lowest BCUT2D eigenvalue weighted by Gasteiger charge is -2.27. The minimum Gasteiger partial charge on any atom is -0.342 e. The molecule has 0 aromatic carbocycles. The molecule has 1 unspecified atom stereocenters. The average molecular weight is 281 g/mol. The minimum atomic E-state index is 0.305. The van der Waals surface area contributed by atoms with Crippen molar-refractivity contribution >= 4 is 5.91 Å². The summed E-state index contributed by atoms with van der Waals surface area (Å²) in [6.07, 6.45) is 8.55. The molecule has 1 atom stereocenters. The molecule has 0 aromatic heterocycles. The van der Waals surface area contributed by atoms with Gasteiger partial charge in [0.05, 0.1) is 6.54 Å². The Morgan fingerprint density at radius 3 is 2.60 bits per heavy atom. The van der Waals surface area contributed by atoms with Crippen LogP contribution in [0.15, 0.2) is 0 Å². The first-order chi connectivity index (χ1) is 9.79. The molecule has 2 heterocycles. The van der Waals surface area contributed by atoms with Crippen LogP contribution in [0.25, 0.3) is 0 Å². The van der Waals surface area contributed by atoms with E-state index in [-0.39, 0.29) is 0 Å². The first-order valence-electron chi connectivity index (χ1n) is 8.53. The fraction of sp³-hybridized carbons (Fsp3) is 0.938. The molecular weight excluding hydrogens is 250 g/mol. The number of rotatable bonds is 5. The van der Waals surface area contributed by atoms with Gasteiger partial charge < -0.3 is 15.1 Å². The molecule has 116 valence electrons. The third kappa shape index (κ3) is 5.06. The maximum absolute atomic E-state index is 12.1. The molecule has 0 spiro atoms. The van der Waals surface area contributed by atoms with E-state index >= 15 is 0 Å². The van der Waals surface area contributed by atoms with Crippen molar-refractivity contribution in [3.8, 4) is 0 Å². The highest BCUT2D eigenvalue weighted by molar-refractivity contribution is 5.78. The number of carbonyl (C=O) groups is 1. The number of hydrogen-bond acceptors (Lipinski definition) is 3. The number of piperidine rings is 1. The Morgan fingerprint density at radius 2 is 1.85 bits per heavy atom. The van der Waals surface area contributed by atoms with Gasteiger partial charge in [-0.15, -0.1) is 0 Å². The second-order valence-corrected chi connectivity index (χ2v) is 6.29. The zero-order chi connectivity index (χ0) is 14.2. The number of amides is 1. The Morgan fingerprint density at radius 1 is 1.05 bits per heavy atom. The Balaban J connectivity index is 1.66. The highest BCUT2D eigenvalue weighted by atomic mass is 16.2. The number of likely N-dealkylation sites (tertiary alicyclic amines) is 2. The van der Waals surface area contributed by atoms with Crippen molar-refractivity contribution in [2.75, 3.05) is 39.3 Å². The number of carbonyl (C=O) groups excluding carboxylic acids is 1. The van der Waals surface area contributed by atoms with E-state index in [0.29, 0.717) is 18.5 Å². The lowest BCUT2D eigenvalue weighted by atomic mass is 10.1. The normalized spacial score (nSPS) is 25.4. The van der Waals surface area contributed by atoms with Crippen LogP contribution in [0.1, 0.15) is 51.9 Å². The van der Waals surface area contributed by atoms with Gasteiger partial charge in [-0.1, -0.05) is 6.92 Å². The second-order valence-electron chi connectivity index (χ2n) is 6.29. The molecule has 2 saturated heterocycles. The van der Waals surface area contributed by atoms with E-state index in [4.69, 9.17) is 0 Å². The zero-order valence-electron chi connectivity index (χ0n) is 13.1. The van der Waals surface area contributed by atoms with E-state index in [1.54, 1.807) is 0 Å².